The number of nitrogens with zero attached hydrogens (tertiary/aromatic N) is 3. The molecule has 0 amide bonds. The van der Waals surface area contributed by atoms with E-state index in [0.29, 0.717) is 11.6 Å². The molecule has 0 atom stereocenters. The third-order valence-electron chi connectivity index (χ3n) is 4.12. The summed E-state index contributed by atoms with van der Waals surface area (Å²) in [6, 6.07) is 12.4. The number of benzene rings is 1. The van der Waals surface area contributed by atoms with Crippen molar-refractivity contribution >= 4 is 17.0 Å². The lowest BCUT2D eigenvalue weighted by Gasteiger charge is -2.09. The van der Waals surface area contributed by atoms with Crippen LogP contribution < -0.4 is 5.73 Å². The molecule has 0 fully saturated rings. The molecule has 2 N–H and O–H groups in total. The molecular formula is C21H22N4. The van der Waals surface area contributed by atoms with E-state index in [-0.39, 0.29) is 0 Å². The second-order valence-corrected chi connectivity index (χ2v) is 5.86. The van der Waals surface area contributed by atoms with E-state index in [4.69, 9.17) is 5.73 Å². The van der Waals surface area contributed by atoms with Gasteiger partial charge in [-0.1, -0.05) is 62.1 Å². The summed E-state index contributed by atoms with van der Waals surface area (Å²) in [6.45, 7) is 7.79. The summed E-state index contributed by atoms with van der Waals surface area (Å²) < 4.78 is 1.68. The van der Waals surface area contributed by atoms with E-state index >= 15 is 0 Å². The van der Waals surface area contributed by atoms with Crippen LogP contribution in [-0.2, 0) is 6.42 Å². The monoisotopic (exact) mass is 330 g/mol. The number of fused-ring (bicyclic) bond motifs is 1. The molecule has 126 valence electrons. The van der Waals surface area contributed by atoms with Gasteiger partial charge in [0.2, 0.25) is 0 Å². The van der Waals surface area contributed by atoms with Crippen LogP contribution in [0.4, 0.5) is 5.82 Å². The van der Waals surface area contributed by atoms with E-state index in [1.54, 1.807) is 10.6 Å². The molecule has 1 aromatic carbocycles. The van der Waals surface area contributed by atoms with E-state index in [9.17, 15) is 0 Å². The summed E-state index contributed by atoms with van der Waals surface area (Å²) in [5.41, 5.74) is 11.5. The van der Waals surface area contributed by atoms with Crippen molar-refractivity contribution in [1.29, 1.82) is 0 Å². The Morgan fingerprint density at radius 1 is 1.24 bits per heavy atom. The predicted molar refractivity (Wildman–Crippen MR) is 105 cm³/mol. The van der Waals surface area contributed by atoms with Crippen molar-refractivity contribution in [2.24, 2.45) is 0 Å². The molecule has 0 spiro atoms. The molecule has 25 heavy (non-hydrogen) atoms. The molecule has 0 aliphatic rings. The Morgan fingerprint density at radius 2 is 2.04 bits per heavy atom. The van der Waals surface area contributed by atoms with Crippen LogP contribution >= 0.6 is 0 Å². The minimum atomic E-state index is 0.576. The number of rotatable bonds is 5. The number of pyridine rings is 1. The molecule has 3 rings (SSSR count). The van der Waals surface area contributed by atoms with Gasteiger partial charge >= 0.3 is 0 Å². The number of aromatic nitrogens is 3. The van der Waals surface area contributed by atoms with Crippen LogP contribution in [0.2, 0.25) is 0 Å². The van der Waals surface area contributed by atoms with Crippen molar-refractivity contribution in [2.45, 2.75) is 20.3 Å². The Hall–Kier alpha value is -3.14. The second kappa shape index (κ2) is 7.18. The van der Waals surface area contributed by atoms with E-state index in [0.717, 1.165) is 23.2 Å². The Morgan fingerprint density at radius 3 is 2.80 bits per heavy atom. The molecule has 4 nitrogen and oxygen atoms in total. The minimum Gasteiger partial charge on any atom is -0.384 e. The van der Waals surface area contributed by atoms with E-state index in [1.165, 1.54) is 11.1 Å². The maximum Gasteiger partial charge on any atom is 0.177 e. The quantitative estimate of drug-likeness (QED) is 0.691. The zero-order chi connectivity index (χ0) is 17.8. The molecular weight excluding hydrogens is 308 g/mol. The molecule has 3 aromatic rings. The lowest BCUT2D eigenvalue weighted by molar-refractivity contribution is 0.961. The summed E-state index contributed by atoms with van der Waals surface area (Å²) in [5.74, 6) is 1.24. The maximum atomic E-state index is 6.23. The lowest BCUT2D eigenvalue weighted by Crippen LogP contribution is -1.99. The summed E-state index contributed by atoms with van der Waals surface area (Å²) in [5, 5.41) is 4.52. The van der Waals surface area contributed by atoms with Gasteiger partial charge < -0.3 is 5.73 Å². The van der Waals surface area contributed by atoms with Crippen molar-refractivity contribution in [3.63, 3.8) is 0 Å². The first-order valence-corrected chi connectivity index (χ1v) is 8.35. The zero-order valence-electron chi connectivity index (χ0n) is 14.6. The smallest absolute Gasteiger partial charge is 0.177 e. The molecule has 4 heteroatoms. The first-order chi connectivity index (χ1) is 12.1. The molecule has 0 saturated heterocycles. The molecule has 0 aliphatic heterocycles. The van der Waals surface area contributed by atoms with Crippen LogP contribution in [0.3, 0.4) is 0 Å². The van der Waals surface area contributed by atoms with E-state index < -0.39 is 0 Å². The van der Waals surface area contributed by atoms with Crippen LogP contribution in [0.5, 0.6) is 0 Å². The normalized spacial score (nSPS) is 12.2. The topological polar surface area (TPSA) is 56.2 Å². The van der Waals surface area contributed by atoms with Crippen molar-refractivity contribution < 1.29 is 0 Å². The Labute approximate surface area is 148 Å². The number of hydrogen-bond acceptors (Lipinski definition) is 3. The molecule has 0 unspecified atom stereocenters. The molecule has 2 heterocycles. The zero-order valence-corrected chi connectivity index (χ0v) is 14.6. The second-order valence-electron chi connectivity index (χ2n) is 5.86. The van der Waals surface area contributed by atoms with Crippen LogP contribution in [0.1, 0.15) is 25.2 Å². The van der Waals surface area contributed by atoms with Gasteiger partial charge in [0.15, 0.2) is 11.5 Å². The van der Waals surface area contributed by atoms with Crippen LogP contribution in [0.15, 0.2) is 67.3 Å². The largest absolute Gasteiger partial charge is 0.384 e. The highest BCUT2D eigenvalue weighted by atomic mass is 15.3. The third-order valence-corrected chi connectivity index (χ3v) is 4.12. The van der Waals surface area contributed by atoms with Gasteiger partial charge in [0.25, 0.3) is 0 Å². The molecule has 0 bridgehead atoms. The van der Waals surface area contributed by atoms with Crippen molar-refractivity contribution in [3.05, 3.63) is 78.7 Å². The van der Waals surface area contributed by atoms with E-state index in [1.807, 2.05) is 43.4 Å². The fourth-order valence-corrected chi connectivity index (χ4v) is 2.79. The first-order valence-electron chi connectivity index (χ1n) is 8.35. The van der Waals surface area contributed by atoms with Crippen molar-refractivity contribution in [2.75, 3.05) is 5.73 Å². The number of nitrogens with two attached hydrogens (primary N) is 1. The third kappa shape index (κ3) is 3.38. The van der Waals surface area contributed by atoms with Gasteiger partial charge in [0, 0.05) is 0 Å². The average molecular weight is 330 g/mol. The molecule has 0 aliphatic carbocycles. The number of hydrogen-bond donors (Lipinski definition) is 1. The average Bonchev–Trinajstić information content (AvgIpc) is 3.06. The Bertz CT molecular complexity index is 977. The summed E-state index contributed by atoms with van der Waals surface area (Å²) in [7, 11) is 0. The Kier molecular flexibility index (Phi) is 4.80. The fourth-order valence-electron chi connectivity index (χ4n) is 2.79. The minimum absolute atomic E-state index is 0.576. The number of nitrogen functional groups attached to an aromatic ring is 1. The van der Waals surface area contributed by atoms with Crippen LogP contribution in [0.25, 0.3) is 22.3 Å². The standard InChI is InChI=1S/C21H22N4/c1-4-6-7-10-15(3)21-23-20-14-17(13-19(22)25(20)24-21)18-12-9-8-11-16(18)5-2/h4,6-14H,1,5,22H2,2-3H3/b7-6-,15-10+. The van der Waals surface area contributed by atoms with Gasteiger partial charge in [-0.15, -0.1) is 5.10 Å². The fraction of sp³-hybridized carbons (Fsp3) is 0.143. The van der Waals surface area contributed by atoms with Crippen LogP contribution in [-0.4, -0.2) is 14.6 Å². The van der Waals surface area contributed by atoms with Gasteiger partial charge in [0.05, 0.1) is 0 Å². The highest BCUT2D eigenvalue weighted by molar-refractivity contribution is 5.74. The summed E-state index contributed by atoms with van der Waals surface area (Å²) in [4.78, 5) is 4.64. The van der Waals surface area contributed by atoms with Crippen molar-refractivity contribution in [1.82, 2.24) is 14.6 Å². The van der Waals surface area contributed by atoms with Gasteiger partial charge in [-0.2, -0.15) is 4.52 Å². The summed E-state index contributed by atoms with van der Waals surface area (Å²) >= 11 is 0. The molecule has 0 radical (unpaired) electrons. The molecule has 2 aromatic heterocycles. The van der Waals surface area contributed by atoms with Crippen molar-refractivity contribution in [3.8, 4) is 11.1 Å². The number of anilines is 1. The van der Waals surface area contributed by atoms with Gasteiger partial charge in [0.1, 0.15) is 5.82 Å². The maximum absolute atomic E-state index is 6.23. The number of allylic oxidation sites excluding steroid dienone is 5. The molecule has 0 saturated carbocycles. The summed E-state index contributed by atoms with van der Waals surface area (Å²) in [6.07, 6.45) is 8.45. The highest BCUT2D eigenvalue weighted by Crippen LogP contribution is 2.27. The van der Waals surface area contributed by atoms with Gasteiger partial charge in [-0.05, 0) is 47.7 Å². The number of aryl methyl sites for hydroxylation is 1. The highest BCUT2D eigenvalue weighted by Gasteiger charge is 2.11. The van der Waals surface area contributed by atoms with E-state index in [2.05, 4.69) is 41.8 Å². The SMILES string of the molecule is C=C/C=C\C=C(/C)c1nc2cc(-c3ccccc3CC)cc(N)n2n1. The van der Waals surface area contributed by atoms with Gasteiger partial charge in [-0.3, -0.25) is 0 Å². The lowest BCUT2D eigenvalue weighted by atomic mass is 9.99. The first kappa shape index (κ1) is 16.7. The van der Waals surface area contributed by atoms with Crippen LogP contribution in [0, 0.1) is 0 Å². The predicted octanol–water partition coefficient (Wildman–Crippen LogP) is 4.69. The van der Waals surface area contributed by atoms with Gasteiger partial charge in [-0.25, -0.2) is 4.98 Å². The Balaban J connectivity index is 2.09.